The summed E-state index contributed by atoms with van der Waals surface area (Å²) in [6.45, 7) is 1.30. The van der Waals surface area contributed by atoms with Gasteiger partial charge in [0.2, 0.25) is 0 Å². The van der Waals surface area contributed by atoms with Gasteiger partial charge in [-0.15, -0.1) is 10.2 Å². The van der Waals surface area contributed by atoms with Crippen LogP contribution >= 0.6 is 0 Å². The van der Waals surface area contributed by atoms with Gasteiger partial charge in [-0.3, -0.25) is 4.79 Å². The second-order valence-electron chi connectivity index (χ2n) is 6.36. The molecule has 0 bridgehead atoms. The standard InChI is InChI=1S/C18H18F4N4O3/c1-28-14-7-10(19)4-5-13(14)29-17-12(8-15(25-26-17)18(20,21)22)16(27)24-11-3-2-6-23-9-11/h4-5,7-8,11,23H,2-3,6,9H2,1H3,(H,24,27). The molecule has 7 nitrogen and oxygen atoms in total. The Bertz CT molecular complexity index is 886. The van der Waals surface area contributed by atoms with E-state index in [1.165, 1.54) is 13.2 Å². The summed E-state index contributed by atoms with van der Waals surface area (Å²) >= 11 is 0. The predicted octanol–water partition coefficient (Wildman–Crippen LogP) is 2.92. The quantitative estimate of drug-likeness (QED) is 0.732. The van der Waals surface area contributed by atoms with Gasteiger partial charge >= 0.3 is 6.18 Å². The summed E-state index contributed by atoms with van der Waals surface area (Å²) in [4.78, 5) is 12.7. The van der Waals surface area contributed by atoms with Crippen LogP contribution in [0, 0.1) is 5.82 Å². The highest BCUT2D eigenvalue weighted by Gasteiger charge is 2.35. The van der Waals surface area contributed by atoms with Gasteiger partial charge in [0, 0.05) is 18.7 Å². The monoisotopic (exact) mass is 414 g/mol. The topological polar surface area (TPSA) is 85.4 Å². The molecule has 2 aromatic rings. The van der Waals surface area contributed by atoms with Crippen LogP contribution in [-0.2, 0) is 6.18 Å². The normalized spacial score (nSPS) is 16.9. The summed E-state index contributed by atoms with van der Waals surface area (Å²) in [6.07, 6.45) is -3.28. The van der Waals surface area contributed by atoms with Crippen molar-refractivity contribution in [1.29, 1.82) is 0 Å². The molecule has 156 valence electrons. The summed E-state index contributed by atoms with van der Waals surface area (Å²) in [7, 11) is 1.27. The zero-order valence-electron chi connectivity index (χ0n) is 15.3. The number of halogens is 4. The van der Waals surface area contributed by atoms with E-state index in [0.29, 0.717) is 19.0 Å². The molecule has 1 aromatic carbocycles. The van der Waals surface area contributed by atoms with Gasteiger partial charge in [-0.1, -0.05) is 0 Å². The largest absolute Gasteiger partial charge is 0.493 e. The first-order chi connectivity index (χ1) is 13.8. The lowest BCUT2D eigenvalue weighted by atomic mass is 10.1. The van der Waals surface area contributed by atoms with Crippen molar-refractivity contribution in [2.75, 3.05) is 20.2 Å². The Hall–Kier alpha value is -2.95. The SMILES string of the molecule is COc1cc(F)ccc1Oc1nnc(C(F)(F)F)cc1C(=O)NC1CCCNC1. The van der Waals surface area contributed by atoms with Crippen molar-refractivity contribution in [1.82, 2.24) is 20.8 Å². The van der Waals surface area contributed by atoms with Crippen LogP contribution in [0.1, 0.15) is 28.9 Å². The number of carbonyl (C=O) groups excluding carboxylic acids is 1. The van der Waals surface area contributed by atoms with Crippen molar-refractivity contribution in [3.63, 3.8) is 0 Å². The second-order valence-corrected chi connectivity index (χ2v) is 6.36. The zero-order chi connectivity index (χ0) is 21.0. The predicted molar refractivity (Wildman–Crippen MR) is 93.4 cm³/mol. The van der Waals surface area contributed by atoms with E-state index in [9.17, 15) is 22.4 Å². The third-order valence-electron chi connectivity index (χ3n) is 4.26. The number of nitrogens with zero attached hydrogens (tertiary/aromatic N) is 2. The maximum atomic E-state index is 13.4. The van der Waals surface area contributed by atoms with Crippen LogP contribution in [-0.4, -0.2) is 42.3 Å². The lowest BCUT2D eigenvalue weighted by Crippen LogP contribution is -2.45. The van der Waals surface area contributed by atoms with E-state index >= 15 is 0 Å². The van der Waals surface area contributed by atoms with Crippen molar-refractivity contribution < 1.29 is 31.8 Å². The van der Waals surface area contributed by atoms with E-state index < -0.39 is 35.0 Å². The Morgan fingerprint density at radius 1 is 1.24 bits per heavy atom. The fraction of sp³-hybridized carbons (Fsp3) is 0.389. The van der Waals surface area contributed by atoms with Gasteiger partial charge in [0.15, 0.2) is 17.2 Å². The molecule has 1 fully saturated rings. The van der Waals surface area contributed by atoms with Gasteiger partial charge in [-0.25, -0.2) is 4.39 Å². The van der Waals surface area contributed by atoms with Crippen LogP contribution in [0.2, 0.25) is 0 Å². The molecule has 2 N–H and O–H groups in total. The van der Waals surface area contributed by atoms with Gasteiger partial charge in [-0.2, -0.15) is 13.2 Å². The van der Waals surface area contributed by atoms with Crippen LogP contribution in [0.4, 0.5) is 17.6 Å². The van der Waals surface area contributed by atoms with Crippen LogP contribution in [0.3, 0.4) is 0 Å². The molecule has 1 unspecified atom stereocenters. The number of hydrogen-bond acceptors (Lipinski definition) is 6. The minimum atomic E-state index is -4.79. The zero-order valence-corrected chi connectivity index (χ0v) is 15.3. The maximum absolute atomic E-state index is 13.4. The van der Waals surface area contributed by atoms with Crippen LogP contribution in [0.25, 0.3) is 0 Å². The smallest absolute Gasteiger partial charge is 0.435 e. The molecule has 1 aliphatic rings. The molecule has 1 aromatic heterocycles. The van der Waals surface area contributed by atoms with Gasteiger partial charge in [0.25, 0.3) is 11.8 Å². The first kappa shape index (κ1) is 20.8. The highest BCUT2D eigenvalue weighted by atomic mass is 19.4. The van der Waals surface area contributed by atoms with E-state index in [1.54, 1.807) is 0 Å². The molecule has 1 aliphatic heterocycles. The van der Waals surface area contributed by atoms with E-state index in [4.69, 9.17) is 9.47 Å². The lowest BCUT2D eigenvalue weighted by Gasteiger charge is -2.24. The molecular formula is C18H18F4N4O3. The number of ether oxygens (including phenoxy) is 2. The van der Waals surface area contributed by atoms with Gasteiger partial charge < -0.3 is 20.1 Å². The van der Waals surface area contributed by atoms with E-state index in [2.05, 4.69) is 20.8 Å². The molecule has 1 atom stereocenters. The van der Waals surface area contributed by atoms with Crippen molar-refractivity contribution in [3.05, 3.63) is 41.3 Å². The highest BCUT2D eigenvalue weighted by Crippen LogP contribution is 2.34. The lowest BCUT2D eigenvalue weighted by molar-refractivity contribution is -0.141. The highest BCUT2D eigenvalue weighted by molar-refractivity contribution is 5.96. The average Bonchev–Trinajstić information content (AvgIpc) is 2.69. The number of hydrogen-bond donors (Lipinski definition) is 2. The number of benzene rings is 1. The summed E-state index contributed by atoms with van der Waals surface area (Å²) in [5.41, 5.74) is -1.77. The Morgan fingerprint density at radius 3 is 2.69 bits per heavy atom. The number of alkyl halides is 3. The van der Waals surface area contributed by atoms with Crippen LogP contribution in [0.5, 0.6) is 17.4 Å². The number of aromatic nitrogens is 2. The number of carbonyl (C=O) groups is 1. The van der Waals surface area contributed by atoms with E-state index in [0.717, 1.165) is 25.1 Å². The molecule has 0 radical (unpaired) electrons. The third kappa shape index (κ3) is 5.11. The fourth-order valence-corrected chi connectivity index (χ4v) is 2.83. The Balaban J connectivity index is 1.94. The molecule has 0 aliphatic carbocycles. The van der Waals surface area contributed by atoms with Crippen molar-refractivity contribution >= 4 is 5.91 Å². The molecule has 1 amide bonds. The van der Waals surface area contributed by atoms with E-state index in [-0.39, 0.29) is 17.5 Å². The molecule has 1 saturated heterocycles. The number of amides is 1. The Kier molecular flexibility index (Phi) is 6.16. The van der Waals surface area contributed by atoms with Crippen molar-refractivity contribution in [2.24, 2.45) is 0 Å². The number of piperidine rings is 1. The molecular weight excluding hydrogens is 396 g/mol. The molecule has 0 saturated carbocycles. The van der Waals surface area contributed by atoms with Gasteiger partial charge in [0.05, 0.1) is 7.11 Å². The number of methoxy groups -OCH3 is 1. The summed E-state index contributed by atoms with van der Waals surface area (Å²) < 4.78 is 63.0. The third-order valence-corrected chi connectivity index (χ3v) is 4.26. The van der Waals surface area contributed by atoms with Crippen LogP contribution in [0.15, 0.2) is 24.3 Å². The molecule has 3 rings (SSSR count). The van der Waals surface area contributed by atoms with Crippen molar-refractivity contribution in [2.45, 2.75) is 25.1 Å². The molecule has 29 heavy (non-hydrogen) atoms. The first-order valence-corrected chi connectivity index (χ1v) is 8.76. The van der Waals surface area contributed by atoms with Gasteiger partial charge in [-0.05, 0) is 37.6 Å². The first-order valence-electron chi connectivity index (χ1n) is 8.76. The average molecular weight is 414 g/mol. The summed E-state index contributed by atoms with van der Waals surface area (Å²) in [6, 6.07) is 3.64. The molecule has 2 heterocycles. The van der Waals surface area contributed by atoms with Crippen molar-refractivity contribution in [3.8, 4) is 17.4 Å². The minimum Gasteiger partial charge on any atom is -0.493 e. The fourth-order valence-electron chi connectivity index (χ4n) is 2.83. The summed E-state index contributed by atoms with van der Waals surface area (Å²) in [5.74, 6) is -1.89. The number of nitrogens with one attached hydrogen (secondary N) is 2. The van der Waals surface area contributed by atoms with E-state index in [1.807, 2.05) is 0 Å². The van der Waals surface area contributed by atoms with Crippen LogP contribution < -0.4 is 20.1 Å². The Morgan fingerprint density at radius 2 is 2.03 bits per heavy atom. The Labute approximate surface area is 163 Å². The summed E-state index contributed by atoms with van der Waals surface area (Å²) in [5, 5.41) is 12.3. The minimum absolute atomic E-state index is 0.0189. The molecule has 0 spiro atoms. The molecule has 11 heteroatoms. The van der Waals surface area contributed by atoms with Gasteiger partial charge in [0.1, 0.15) is 11.4 Å². The number of rotatable bonds is 5. The second kappa shape index (κ2) is 8.60. The maximum Gasteiger partial charge on any atom is 0.435 e.